The number of thioether (sulfide) groups is 1. The third-order valence-electron chi connectivity index (χ3n) is 2.77. The molecule has 3 aromatic rings. The Kier molecular flexibility index (Phi) is 4.31. The first-order valence-electron chi connectivity index (χ1n) is 6.14. The minimum absolute atomic E-state index is 0.313. The Hall–Kier alpha value is -1.73. The van der Waals surface area contributed by atoms with Crippen molar-refractivity contribution in [3.05, 3.63) is 64.4 Å². The fraction of sp³-hybridized carbons (Fsp3) is 0.0714. The van der Waals surface area contributed by atoms with Gasteiger partial charge in [0.15, 0.2) is 0 Å². The summed E-state index contributed by atoms with van der Waals surface area (Å²) in [5.74, 6) is 0.426. The highest BCUT2D eigenvalue weighted by Gasteiger charge is 2.09. The number of halogens is 2. The van der Waals surface area contributed by atoms with Crippen molar-refractivity contribution < 1.29 is 4.39 Å². The third-order valence-corrected chi connectivity index (χ3v) is 4.29. The Bertz CT molecular complexity index is 745. The van der Waals surface area contributed by atoms with Crippen molar-refractivity contribution in [1.29, 1.82) is 0 Å². The van der Waals surface area contributed by atoms with E-state index in [-0.39, 0.29) is 5.82 Å². The maximum absolute atomic E-state index is 13.3. The molecule has 0 saturated heterocycles. The first kappa shape index (κ1) is 14.2. The second kappa shape index (κ2) is 6.36. The maximum Gasteiger partial charge on any atom is 0.214 e. The van der Waals surface area contributed by atoms with E-state index < -0.39 is 0 Å². The van der Waals surface area contributed by atoms with Gasteiger partial charge in [0, 0.05) is 10.2 Å². The Morgan fingerprint density at radius 1 is 1.14 bits per heavy atom. The van der Waals surface area contributed by atoms with Crippen LogP contribution in [0, 0.1) is 5.82 Å². The minimum Gasteiger partial charge on any atom is -0.207 e. The molecule has 3 rings (SSSR count). The number of nitrogens with zero attached hydrogens (tertiary/aromatic N) is 4. The molecule has 0 fully saturated rings. The Morgan fingerprint density at radius 2 is 1.95 bits per heavy atom. The lowest BCUT2D eigenvalue weighted by Crippen LogP contribution is -1.99. The van der Waals surface area contributed by atoms with E-state index in [0.717, 1.165) is 15.8 Å². The van der Waals surface area contributed by atoms with Gasteiger partial charge in [-0.3, -0.25) is 0 Å². The lowest BCUT2D eigenvalue weighted by atomic mass is 10.2. The van der Waals surface area contributed by atoms with Crippen LogP contribution in [0.25, 0.3) is 5.69 Å². The van der Waals surface area contributed by atoms with Gasteiger partial charge in [-0.05, 0) is 46.3 Å². The van der Waals surface area contributed by atoms with Crippen LogP contribution in [-0.4, -0.2) is 20.2 Å². The van der Waals surface area contributed by atoms with Crippen molar-refractivity contribution in [2.45, 2.75) is 10.9 Å². The predicted octanol–water partition coefficient (Wildman–Crippen LogP) is 3.86. The van der Waals surface area contributed by atoms with Gasteiger partial charge in [0.05, 0.1) is 5.69 Å². The van der Waals surface area contributed by atoms with Crippen LogP contribution in [0.15, 0.2) is 58.2 Å². The van der Waals surface area contributed by atoms with Crippen LogP contribution in [-0.2, 0) is 5.75 Å². The van der Waals surface area contributed by atoms with Crippen molar-refractivity contribution in [3.8, 4) is 5.69 Å². The van der Waals surface area contributed by atoms with Gasteiger partial charge in [0.25, 0.3) is 0 Å². The smallest absolute Gasteiger partial charge is 0.207 e. The zero-order valence-electron chi connectivity index (χ0n) is 10.8. The summed E-state index contributed by atoms with van der Waals surface area (Å²) in [4.78, 5) is 0. The van der Waals surface area contributed by atoms with Crippen LogP contribution < -0.4 is 0 Å². The molecule has 106 valence electrons. The molecule has 4 nitrogen and oxygen atoms in total. The monoisotopic (exact) mass is 364 g/mol. The molecule has 0 aliphatic rings. The van der Waals surface area contributed by atoms with Gasteiger partial charge in [0.2, 0.25) is 5.16 Å². The van der Waals surface area contributed by atoms with Gasteiger partial charge in [-0.15, -0.1) is 5.10 Å². The molecule has 7 heteroatoms. The van der Waals surface area contributed by atoms with E-state index in [1.807, 2.05) is 24.3 Å². The molecule has 0 N–H and O–H groups in total. The van der Waals surface area contributed by atoms with Crippen LogP contribution >= 0.6 is 27.7 Å². The standard InChI is InChI=1S/C14H10BrFN4S/c15-11-6-4-10(5-7-11)9-21-14-17-18-19-20(14)13-3-1-2-12(16)8-13/h1-8H,9H2. The summed E-state index contributed by atoms with van der Waals surface area (Å²) in [6, 6.07) is 14.2. The lowest BCUT2D eigenvalue weighted by Gasteiger charge is -2.04. The molecule has 0 atom stereocenters. The second-order valence-electron chi connectivity index (χ2n) is 4.27. The number of tetrazole rings is 1. The van der Waals surface area contributed by atoms with Crippen LogP contribution in [0.3, 0.4) is 0 Å². The second-order valence-corrected chi connectivity index (χ2v) is 6.13. The van der Waals surface area contributed by atoms with E-state index in [9.17, 15) is 4.39 Å². The van der Waals surface area contributed by atoms with Crippen LogP contribution in [0.2, 0.25) is 0 Å². The summed E-state index contributed by atoms with van der Waals surface area (Å²) in [6.07, 6.45) is 0. The van der Waals surface area contributed by atoms with E-state index in [1.165, 1.54) is 28.6 Å². The minimum atomic E-state index is -0.313. The van der Waals surface area contributed by atoms with E-state index in [4.69, 9.17) is 0 Å². The van der Waals surface area contributed by atoms with E-state index >= 15 is 0 Å². The zero-order valence-corrected chi connectivity index (χ0v) is 13.2. The van der Waals surface area contributed by atoms with Crippen LogP contribution in [0.1, 0.15) is 5.56 Å². The maximum atomic E-state index is 13.3. The fourth-order valence-corrected chi connectivity index (χ4v) is 2.88. The Balaban J connectivity index is 1.78. The lowest BCUT2D eigenvalue weighted by molar-refractivity contribution is 0.623. The van der Waals surface area contributed by atoms with Crippen molar-refractivity contribution >= 4 is 27.7 Å². The molecule has 1 aromatic heterocycles. The number of hydrogen-bond acceptors (Lipinski definition) is 4. The average molecular weight is 365 g/mol. The molecule has 0 spiro atoms. The fourth-order valence-electron chi connectivity index (χ4n) is 1.77. The van der Waals surface area contributed by atoms with E-state index in [2.05, 4.69) is 31.5 Å². The topological polar surface area (TPSA) is 43.6 Å². The third kappa shape index (κ3) is 3.48. The van der Waals surface area contributed by atoms with Crippen LogP contribution in [0.4, 0.5) is 4.39 Å². The summed E-state index contributed by atoms with van der Waals surface area (Å²) < 4.78 is 15.9. The Labute approximate surface area is 133 Å². The average Bonchev–Trinajstić information content (AvgIpc) is 2.95. The van der Waals surface area contributed by atoms with Crippen molar-refractivity contribution in [2.24, 2.45) is 0 Å². The first-order valence-corrected chi connectivity index (χ1v) is 7.92. The highest BCUT2D eigenvalue weighted by molar-refractivity contribution is 9.10. The summed E-state index contributed by atoms with van der Waals surface area (Å²) in [6.45, 7) is 0. The van der Waals surface area contributed by atoms with Crippen molar-refractivity contribution in [2.75, 3.05) is 0 Å². The van der Waals surface area contributed by atoms with Gasteiger partial charge < -0.3 is 0 Å². The number of hydrogen-bond donors (Lipinski definition) is 0. The highest BCUT2D eigenvalue weighted by atomic mass is 79.9. The molecule has 0 amide bonds. The van der Waals surface area contributed by atoms with Gasteiger partial charge in [0.1, 0.15) is 5.82 Å². The molecule has 0 aliphatic heterocycles. The number of rotatable bonds is 4. The predicted molar refractivity (Wildman–Crippen MR) is 82.8 cm³/mol. The van der Waals surface area contributed by atoms with Gasteiger partial charge in [-0.2, -0.15) is 4.68 Å². The van der Waals surface area contributed by atoms with Gasteiger partial charge >= 0.3 is 0 Å². The van der Waals surface area contributed by atoms with Crippen molar-refractivity contribution in [3.63, 3.8) is 0 Å². The largest absolute Gasteiger partial charge is 0.214 e. The van der Waals surface area contributed by atoms with E-state index in [1.54, 1.807) is 12.1 Å². The molecule has 0 bridgehead atoms. The van der Waals surface area contributed by atoms with Gasteiger partial charge in [-0.25, -0.2) is 4.39 Å². The SMILES string of the molecule is Fc1cccc(-n2nnnc2SCc2ccc(Br)cc2)c1. The number of benzene rings is 2. The number of aromatic nitrogens is 4. The normalized spacial score (nSPS) is 10.8. The molecule has 0 saturated carbocycles. The van der Waals surface area contributed by atoms with E-state index in [0.29, 0.717) is 10.8 Å². The van der Waals surface area contributed by atoms with Gasteiger partial charge in [-0.1, -0.05) is 45.9 Å². The summed E-state index contributed by atoms with van der Waals surface area (Å²) in [5.41, 5.74) is 1.77. The summed E-state index contributed by atoms with van der Waals surface area (Å²) >= 11 is 4.91. The molecule has 0 radical (unpaired) electrons. The van der Waals surface area contributed by atoms with Crippen LogP contribution in [0.5, 0.6) is 0 Å². The molecule has 0 unspecified atom stereocenters. The molecule has 2 aromatic carbocycles. The molecular weight excluding hydrogens is 355 g/mol. The summed E-state index contributed by atoms with van der Waals surface area (Å²) in [7, 11) is 0. The summed E-state index contributed by atoms with van der Waals surface area (Å²) in [5, 5.41) is 12.2. The molecule has 0 aliphatic carbocycles. The Morgan fingerprint density at radius 3 is 2.71 bits per heavy atom. The quantitative estimate of drug-likeness (QED) is 0.659. The zero-order chi connectivity index (χ0) is 14.7. The highest BCUT2D eigenvalue weighted by Crippen LogP contribution is 2.23. The molecule has 21 heavy (non-hydrogen) atoms. The first-order chi connectivity index (χ1) is 10.2. The van der Waals surface area contributed by atoms with Crippen molar-refractivity contribution in [1.82, 2.24) is 20.2 Å². The molecular formula is C14H10BrFN4S. The molecule has 1 heterocycles.